The van der Waals surface area contributed by atoms with E-state index in [1.807, 2.05) is 11.8 Å². The van der Waals surface area contributed by atoms with Crippen molar-refractivity contribution >= 4 is 5.91 Å². The highest BCUT2D eigenvalue weighted by atomic mass is 16.5. The molecule has 1 amide bonds. The van der Waals surface area contributed by atoms with Crippen LogP contribution in [-0.4, -0.2) is 54.1 Å². The number of nitrogens with zero attached hydrogens (tertiary/aromatic N) is 2. The lowest BCUT2D eigenvalue weighted by atomic mass is 10.1. The number of rotatable bonds is 5. The van der Waals surface area contributed by atoms with Crippen LogP contribution in [0.4, 0.5) is 0 Å². The van der Waals surface area contributed by atoms with Crippen molar-refractivity contribution in [3.8, 4) is 0 Å². The largest absolute Gasteiger partial charge is 0.375 e. The number of hydrogen-bond acceptors (Lipinski definition) is 3. The number of carbonyl (C=O) groups excluding carboxylic acids is 1. The Labute approximate surface area is 133 Å². The zero-order valence-electron chi connectivity index (χ0n) is 13.6. The number of morpholine rings is 1. The van der Waals surface area contributed by atoms with Gasteiger partial charge in [-0.25, -0.2) is 0 Å². The van der Waals surface area contributed by atoms with Gasteiger partial charge < -0.3 is 9.64 Å². The maximum atomic E-state index is 12.6. The molecule has 1 atom stereocenters. The van der Waals surface area contributed by atoms with Crippen LogP contribution in [0.2, 0.25) is 0 Å². The third kappa shape index (κ3) is 4.08. The number of hydrogen-bond donors (Lipinski definition) is 0. The van der Waals surface area contributed by atoms with Crippen LogP contribution in [0.3, 0.4) is 0 Å². The Bertz CT molecular complexity index is 510. The van der Waals surface area contributed by atoms with Gasteiger partial charge in [0.2, 0.25) is 5.91 Å². The van der Waals surface area contributed by atoms with Crippen LogP contribution >= 0.6 is 0 Å². The Morgan fingerprint density at radius 1 is 1.32 bits per heavy atom. The quantitative estimate of drug-likeness (QED) is 0.836. The first-order chi connectivity index (χ1) is 10.6. The molecule has 1 saturated heterocycles. The fourth-order valence-corrected chi connectivity index (χ4v) is 3.00. The van der Waals surface area contributed by atoms with E-state index in [2.05, 4.69) is 36.1 Å². The summed E-state index contributed by atoms with van der Waals surface area (Å²) in [7, 11) is 0. The molecule has 2 fully saturated rings. The molecule has 22 heavy (non-hydrogen) atoms. The minimum absolute atomic E-state index is 0.157. The van der Waals surface area contributed by atoms with E-state index >= 15 is 0 Å². The van der Waals surface area contributed by atoms with Crippen LogP contribution in [0.1, 0.15) is 30.9 Å². The van der Waals surface area contributed by atoms with Crippen LogP contribution < -0.4 is 0 Å². The van der Waals surface area contributed by atoms with E-state index in [1.54, 1.807) is 0 Å². The maximum Gasteiger partial charge on any atom is 0.236 e. The molecule has 0 spiro atoms. The molecule has 3 rings (SSSR count). The molecule has 1 saturated carbocycles. The van der Waals surface area contributed by atoms with E-state index in [0.29, 0.717) is 19.2 Å². The maximum absolute atomic E-state index is 12.6. The van der Waals surface area contributed by atoms with Crippen LogP contribution in [0, 0.1) is 6.92 Å². The van der Waals surface area contributed by atoms with Crippen molar-refractivity contribution in [2.75, 3.05) is 26.2 Å². The molecule has 0 bridgehead atoms. The van der Waals surface area contributed by atoms with Gasteiger partial charge in [0, 0.05) is 25.7 Å². The molecular weight excluding hydrogens is 276 g/mol. The third-order valence-electron chi connectivity index (χ3n) is 4.50. The highest BCUT2D eigenvalue weighted by Crippen LogP contribution is 2.28. The summed E-state index contributed by atoms with van der Waals surface area (Å²) in [5, 5.41) is 0. The highest BCUT2D eigenvalue weighted by Gasteiger charge is 2.32. The number of ether oxygens (including phenoxy) is 1. The van der Waals surface area contributed by atoms with Crippen molar-refractivity contribution in [2.45, 2.75) is 45.4 Å². The molecule has 1 heterocycles. The Morgan fingerprint density at radius 2 is 2.05 bits per heavy atom. The van der Waals surface area contributed by atoms with E-state index in [0.717, 1.165) is 19.6 Å². The Kier molecular flexibility index (Phi) is 4.79. The first kappa shape index (κ1) is 15.5. The zero-order valence-corrected chi connectivity index (χ0v) is 13.6. The van der Waals surface area contributed by atoms with Gasteiger partial charge in [0.25, 0.3) is 0 Å². The van der Waals surface area contributed by atoms with E-state index in [9.17, 15) is 4.79 Å². The fourth-order valence-electron chi connectivity index (χ4n) is 3.00. The monoisotopic (exact) mass is 302 g/mol. The van der Waals surface area contributed by atoms with Gasteiger partial charge >= 0.3 is 0 Å². The predicted octanol–water partition coefficient (Wildman–Crippen LogP) is 2.21. The Morgan fingerprint density at radius 3 is 2.68 bits per heavy atom. The van der Waals surface area contributed by atoms with Crippen LogP contribution in [0.15, 0.2) is 24.3 Å². The molecule has 4 heteroatoms. The molecule has 1 aliphatic carbocycles. The van der Waals surface area contributed by atoms with Crippen molar-refractivity contribution < 1.29 is 9.53 Å². The molecule has 0 N–H and O–H groups in total. The summed E-state index contributed by atoms with van der Waals surface area (Å²) in [5.41, 5.74) is 2.57. The SMILES string of the molecule is Cc1ccc(CN(CC(=O)N2CCO[C@H](C)C2)C2CC2)cc1. The topological polar surface area (TPSA) is 32.8 Å². The van der Waals surface area contributed by atoms with Crippen molar-refractivity contribution in [1.29, 1.82) is 0 Å². The normalized spacial score (nSPS) is 22.1. The van der Waals surface area contributed by atoms with Gasteiger partial charge in [-0.2, -0.15) is 0 Å². The third-order valence-corrected chi connectivity index (χ3v) is 4.50. The Hall–Kier alpha value is -1.39. The molecule has 0 radical (unpaired) electrons. The first-order valence-electron chi connectivity index (χ1n) is 8.31. The van der Waals surface area contributed by atoms with Crippen LogP contribution in [0.25, 0.3) is 0 Å². The fraction of sp³-hybridized carbons (Fsp3) is 0.611. The average molecular weight is 302 g/mol. The van der Waals surface area contributed by atoms with E-state index < -0.39 is 0 Å². The first-order valence-corrected chi connectivity index (χ1v) is 8.31. The van der Waals surface area contributed by atoms with Crippen LogP contribution in [0.5, 0.6) is 0 Å². The lowest BCUT2D eigenvalue weighted by molar-refractivity contribution is -0.139. The summed E-state index contributed by atoms with van der Waals surface area (Å²) in [6.45, 7) is 7.65. The number of carbonyl (C=O) groups is 1. The molecule has 1 aromatic rings. The molecule has 0 aromatic heterocycles. The molecule has 0 unspecified atom stereocenters. The van der Waals surface area contributed by atoms with Gasteiger partial charge in [-0.15, -0.1) is 0 Å². The number of amides is 1. The average Bonchev–Trinajstić information content (AvgIpc) is 3.33. The van der Waals surface area contributed by atoms with Gasteiger partial charge in [0.1, 0.15) is 0 Å². The minimum atomic E-state index is 0.157. The summed E-state index contributed by atoms with van der Waals surface area (Å²) in [6, 6.07) is 9.22. The van der Waals surface area contributed by atoms with Gasteiger partial charge in [0.05, 0.1) is 19.3 Å². The van der Waals surface area contributed by atoms with E-state index in [4.69, 9.17) is 4.74 Å². The summed E-state index contributed by atoms with van der Waals surface area (Å²) in [5.74, 6) is 0.245. The minimum Gasteiger partial charge on any atom is -0.375 e. The summed E-state index contributed by atoms with van der Waals surface area (Å²) >= 11 is 0. The van der Waals surface area contributed by atoms with E-state index in [1.165, 1.54) is 24.0 Å². The molecule has 120 valence electrons. The van der Waals surface area contributed by atoms with Gasteiger partial charge in [-0.3, -0.25) is 9.69 Å². The van der Waals surface area contributed by atoms with Crippen molar-refractivity contribution in [1.82, 2.24) is 9.80 Å². The second-order valence-corrected chi connectivity index (χ2v) is 6.64. The summed E-state index contributed by atoms with van der Waals surface area (Å²) < 4.78 is 5.52. The van der Waals surface area contributed by atoms with Crippen molar-refractivity contribution in [3.05, 3.63) is 35.4 Å². The second-order valence-electron chi connectivity index (χ2n) is 6.64. The van der Waals surface area contributed by atoms with Gasteiger partial charge in [-0.05, 0) is 32.3 Å². The van der Waals surface area contributed by atoms with Gasteiger partial charge in [0.15, 0.2) is 0 Å². The Balaban J connectivity index is 1.59. The zero-order chi connectivity index (χ0) is 15.5. The standard InChI is InChI=1S/C18H26N2O2/c1-14-3-5-16(6-4-14)12-20(17-7-8-17)13-18(21)19-9-10-22-15(2)11-19/h3-6,15,17H,7-13H2,1-2H3/t15-/m1/s1. The molecule has 4 nitrogen and oxygen atoms in total. The lowest BCUT2D eigenvalue weighted by Crippen LogP contribution is -2.48. The molecule has 1 aromatic carbocycles. The number of benzene rings is 1. The van der Waals surface area contributed by atoms with Crippen molar-refractivity contribution in [2.24, 2.45) is 0 Å². The number of aryl methyl sites for hydroxylation is 1. The lowest BCUT2D eigenvalue weighted by Gasteiger charge is -2.33. The van der Waals surface area contributed by atoms with Crippen molar-refractivity contribution in [3.63, 3.8) is 0 Å². The molecular formula is C18H26N2O2. The molecule has 2 aliphatic rings. The highest BCUT2D eigenvalue weighted by molar-refractivity contribution is 5.78. The van der Waals surface area contributed by atoms with E-state index in [-0.39, 0.29) is 12.0 Å². The molecule has 1 aliphatic heterocycles. The summed E-state index contributed by atoms with van der Waals surface area (Å²) in [4.78, 5) is 16.9. The van der Waals surface area contributed by atoms with Gasteiger partial charge in [-0.1, -0.05) is 29.8 Å². The smallest absolute Gasteiger partial charge is 0.236 e. The summed E-state index contributed by atoms with van der Waals surface area (Å²) in [6.07, 6.45) is 2.60. The van der Waals surface area contributed by atoms with Crippen LogP contribution in [-0.2, 0) is 16.1 Å². The second kappa shape index (κ2) is 6.80. The predicted molar refractivity (Wildman–Crippen MR) is 86.6 cm³/mol.